The lowest BCUT2D eigenvalue weighted by molar-refractivity contribution is 0.123. The average molecular weight is 404 g/mol. The fraction of sp³-hybridized carbons (Fsp3) is 0.273. The summed E-state index contributed by atoms with van der Waals surface area (Å²) in [5.41, 5.74) is 2.29. The van der Waals surface area contributed by atoms with Gasteiger partial charge in [0.25, 0.3) is 5.56 Å². The van der Waals surface area contributed by atoms with Crippen LogP contribution in [0.3, 0.4) is 0 Å². The van der Waals surface area contributed by atoms with Gasteiger partial charge in [-0.1, -0.05) is 13.3 Å². The number of hydrogen-bond acceptors (Lipinski definition) is 6. The van der Waals surface area contributed by atoms with Crippen molar-refractivity contribution in [3.8, 4) is 5.69 Å². The van der Waals surface area contributed by atoms with Crippen molar-refractivity contribution in [3.05, 3.63) is 71.4 Å². The second kappa shape index (κ2) is 9.32. The SMILES string of the molecule is CCCCOCCn1c(=O)ccc2cnc(Nc3ccc(-n4cccn4)cc3)nc21. The van der Waals surface area contributed by atoms with Crippen LogP contribution in [0.2, 0.25) is 0 Å². The van der Waals surface area contributed by atoms with E-state index in [1.165, 1.54) is 0 Å². The van der Waals surface area contributed by atoms with E-state index in [1.54, 1.807) is 33.8 Å². The van der Waals surface area contributed by atoms with Gasteiger partial charge in [-0.25, -0.2) is 9.67 Å². The van der Waals surface area contributed by atoms with Crippen molar-refractivity contribution in [2.24, 2.45) is 0 Å². The summed E-state index contributed by atoms with van der Waals surface area (Å²) in [5.74, 6) is 0.431. The number of benzene rings is 1. The third-order valence-corrected chi connectivity index (χ3v) is 4.72. The number of nitrogens with zero attached hydrogens (tertiary/aromatic N) is 5. The molecule has 1 aromatic carbocycles. The summed E-state index contributed by atoms with van der Waals surface area (Å²) in [4.78, 5) is 21.4. The molecule has 0 aliphatic carbocycles. The number of pyridine rings is 1. The minimum absolute atomic E-state index is 0.102. The molecule has 0 aliphatic heterocycles. The number of ether oxygens (including phenoxy) is 1. The minimum atomic E-state index is -0.102. The van der Waals surface area contributed by atoms with Crippen molar-refractivity contribution >= 4 is 22.7 Å². The number of nitrogens with one attached hydrogen (secondary N) is 1. The molecule has 0 spiro atoms. The van der Waals surface area contributed by atoms with Crippen molar-refractivity contribution in [2.45, 2.75) is 26.3 Å². The third kappa shape index (κ3) is 4.55. The molecule has 8 nitrogen and oxygen atoms in total. The molecule has 0 saturated carbocycles. The zero-order chi connectivity index (χ0) is 20.8. The van der Waals surface area contributed by atoms with E-state index in [1.807, 2.05) is 36.5 Å². The molecule has 0 amide bonds. The molecule has 4 aromatic rings. The molecular formula is C22H24N6O2. The van der Waals surface area contributed by atoms with E-state index in [4.69, 9.17) is 4.74 Å². The van der Waals surface area contributed by atoms with Gasteiger partial charge in [0, 0.05) is 42.3 Å². The number of fused-ring (bicyclic) bond motifs is 1. The predicted octanol–water partition coefficient (Wildman–Crippen LogP) is 3.54. The Morgan fingerprint density at radius 2 is 1.97 bits per heavy atom. The van der Waals surface area contributed by atoms with Crippen LogP contribution in [-0.2, 0) is 11.3 Å². The van der Waals surface area contributed by atoms with Crippen LogP contribution >= 0.6 is 0 Å². The quantitative estimate of drug-likeness (QED) is 0.430. The van der Waals surface area contributed by atoms with Crippen molar-refractivity contribution in [1.29, 1.82) is 0 Å². The Hall–Kier alpha value is -3.52. The second-order valence-electron chi connectivity index (χ2n) is 6.88. The maximum Gasteiger partial charge on any atom is 0.252 e. The zero-order valence-electron chi connectivity index (χ0n) is 16.9. The van der Waals surface area contributed by atoms with E-state index in [0.717, 1.165) is 29.6 Å². The van der Waals surface area contributed by atoms with Crippen LogP contribution in [0.4, 0.5) is 11.6 Å². The van der Waals surface area contributed by atoms with Gasteiger partial charge < -0.3 is 10.1 Å². The highest BCUT2D eigenvalue weighted by Crippen LogP contribution is 2.17. The Kier molecular flexibility index (Phi) is 6.14. The molecule has 0 saturated heterocycles. The lowest BCUT2D eigenvalue weighted by atomic mass is 10.3. The Bertz CT molecular complexity index is 1150. The maximum absolute atomic E-state index is 12.4. The first-order valence-corrected chi connectivity index (χ1v) is 10.1. The molecule has 1 N–H and O–H groups in total. The van der Waals surface area contributed by atoms with E-state index in [9.17, 15) is 4.79 Å². The Morgan fingerprint density at radius 1 is 1.10 bits per heavy atom. The summed E-state index contributed by atoms with van der Waals surface area (Å²) >= 11 is 0. The van der Waals surface area contributed by atoms with E-state index in [0.29, 0.717) is 31.4 Å². The molecule has 0 aliphatic rings. The van der Waals surface area contributed by atoms with Gasteiger partial charge in [-0.15, -0.1) is 0 Å². The number of aromatic nitrogens is 5. The van der Waals surface area contributed by atoms with Crippen molar-refractivity contribution in [2.75, 3.05) is 18.5 Å². The van der Waals surface area contributed by atoms with Gasteiger partial charge in [0.15, 0.2) is 0 Å². The van der Waals surface area contributed by atoms with Crippen molar-refractivity contribution in [3.63, 3.8) is 0 Å². The molecule has 30 heavy (non-hydrogen) atoms. The zero-order valence-corrected chi connectivity index (χ0v) is 16.9. The van der Waals surface area contributed by atoms with Gasteiger partial charge in [-0.3, -0.25) is 9.36 Å². The smallest absolute Gasteiger partial charge is 0.252 e. The number of anilines is 2. The minimum Gasteiger partial charge on any atom is -0.380 e. The molecule has 0 radical (unpaired) electrons. The number of hydrogen-bond donors (Lipinski definition) is 1. The molecule has 3 aromatic heterocycles. The van der Waals surface area contributed by atoms with E-state index in [2.05, 4.69) is 27.3 Å². The maximum atomic E-state index is 12.4. The molecule has 8 heteroatoms. The van der Waals surface area contributed by atoms with Crippen LogP contribution in [0.5, 0.6) is 0 Å². The van der Waals surface area contributed by atoms with Gasteiger partial charge in [0.05, 0.1) is 18.8 Å². The molecule has 0 unspecified atom stereocenters. The highest BCUT2D eigenvalue weighted by molar-refractivity contribution is 5.75. The molecular weight excluding hydrogens is 380 g/mol. The molecule has 3 heterocycles. The van der Waals surface area contributed by atoms with E-state index in [-0.39, 0.29) is 5.56 Å². The predicted molar refractivity (Wildman–Crippen MR) is 116 cm³/mol. The van der Waals surface area contributed by atoms with Crippen LogP contribution in [0.25, 0.3) is 16.7 Å². The second-order valence-corrected chi connectivity index (χ2v) is 6.88. The van der Waals surface area contributed by atoms with Gasteiger partial charge >= 0.3 is 0 Å². The fourth-order valence-corrected chi connectivity index (χ4v) is 3.10. The van der Waals surface area contributed by atoms with Crippen LogP contribution in [0, 0.1) is 0 Å². The molecule has 0 bridgehead atoms. The van der Waals surface area contributed by atoms with Gasteiger partial charge in [-0.2, -0.15) is 10.1 Å². The lowest BCUT2D eigenvalue weighted by Crippen LogP contribution is -2.23. The average Bonchev–Trinajstić information content (AvgIpc) is 3.30. The highest BCUT2D eigenvalue weighted by Gasteiger charge is 2.08. The monoisotopic (exact) mass is 404 g/mol. The Balaban J connectivity index is 1.53. The Morgan fingerprint density at radius 3 is 2.73 bits per heavy atom. The molecule has 0 fully saturated rings. The molecule has 0 atom stereocenters. The van der Waals surface area contributed by atoms with Crippen LogP contribution in [-0.4, -0.2) is 37.5 Å². The van der Waals surface area contributed by atoms with Gasteiger partial charge in [0.1, 0.15) is 5.65 Å². The lowest BCUT2D eigenvalue weighted by Gasteiger charge is -2.11. The number of unbranched alkanes of at least 4 members (excludes halogenated alkanes) is 1. The van der Waals surface area contributed by atoms with E-state index >= 15 is 0 Å². The third-order valence-electron chi connectivity index (χ3n) is 4.72. The van der Waals surface area contributed by atoms with Gasteiger partial charge in [-0.05, 0) is 42.8 Å². The standard InChI is InChI=1S/C22H24N6O2/c1-2-3-14-30-15-13-27-20(29)10-5-17-16-23-22(26-21(17)27)25-18-6-8-19(9-7-18)28-12-4-11-24-28/h4-12,16H,2-3,13-15H2,1H3,(H,23,25,26). The normalized spacial score (nSPS) is 11.1. The highest BCUT2D eigenvalue weighted by atomic mass is 16.5. The van der Waals surface area contributed by atoms with E-state index < -0.39 is 0 Å². The summed E-state index contributed by atoms with van der Waals surface area (Å²) < 4.78 is 9.05. The topological polar surface area (TPSA) is 86.9 Å². The largest absolute Gasteiger partial charge is 0.380 e. The van der Waals surface area contributed by atoms with Crippen LogP contribution < -0.4 is 10.9 Å². The molecule has 154 valence electrons. The van der Waals surface area contributed by atoms with Gasteiger partial charge in [0.2, 0.25) is 5.95 Å². The number of rotatable bonds is 9. The first-order valence-electron chi connectivity index (χ1n) is 10.1. The molecule has 4 rings (SSSR count). The Labute approximate surface area is 174 Å². The van der Waals surface area contributed by atoms with Crippen molar-refractivity contribution in [1.82, 2.24) is 24.3 Å². The fourth-order valence-electron chi connectivity index (χ4n) is 3.10. The van der Waals surface area contributed by atoms with Crippen molar-refractivity contribution < 1.29 is 4.74 Å². The first kappa shape index (κ1) is 19.8. The first-order chi connectivity index (χ1) is 14.7. The summed E-state index contributed by atoms with van der Waals surface area (Å²) in [6, 6.07) is 12.9. The summed E-state index contributed by atoms with van der Waals surface area (Å²) in [6.45, 7) is 3.75. The summed E-state index contributed by atoms with van der Waals surface area (Å²) in [5, 5.41) is 8.23. The van der Waals surface area contributed by atoms with Crippen LogP contribution in [0.1, 0.15) is 19.8 Å². The summed E-state index contributed by atoms with van der Waals surface area (Å²) in [7, 11) is 0. The summed E-state index contributed by atoms with van der Waals surface area (Å²) in [6.07, 6.45) is 7.44. The van der Waals surface area contributed by atoms with Crippen LogP contribution in [0.15, 0.2) is 65.8 Å².